The Morgan fingerprint density at radius 3 is 2.70 bits per heavy atom. The van der Waals surface area contributed by atoms with Gasteiger partial charge in [-0.15, -0.1) is 0 Å². The Balaban J connectivity index is 1.85. The molecular formula is C20H19FN2O4. The Kier molecular flexibility index (Phi) is 5.52. The fraction of sp³-hybridized carbons (Fsp3) is 0.200. The fourth-order valence-corrected chi connectivity index (χ4v) is 2.74. The van der Waals surface area contributed by atoms with E-state index in [0.717, 1.165) is 0 Å². The molecule has 0 aliphatic carbocycles. The predicted octanol–water partition coefficient (Wildman–Crippen LogP) is 3.51. The smallest absolute Gasteiger partial charge is 0.291 e. The highest BCUT2D eigenvalue weighted by Gasteiger charge is 2.20. The molecule has 2 aromatic carbocycles. The molecule has 0 unspecified atom stereocenters. The lowest BCUT2D eigenvalue weighted by Gasteiger charge is -2.11. The van der Waals surface area contributed by atoms with E-state index in [2.05, 4.69) is 10.6 Å². The van der Waals surface area contributed by atoms with Crippen LogP contribution in [0.4, 0.5) is 10.1 Å². The number of nitrogens with one attached hydrogen (secondary N) is 2. The standard InChI is InChI=1S/C20H19FN2O4/c1-12-15-11-13(21)7-8-17(15)27-18(12)20(25)23-16-6-4-3-5-14(16)19(24)22-9-10-26-2/h3-8,11H,9-10H2,1-2H3,(H,22,24)(H,23,25). The number of anilines is 1. The number of rotatable bonds is 6. The van der Waals surface area contributed by atoms with Crippen molar-refractivity contribution in [2.45, 2.75) is 6.92 Å². The van der Waals surface area contributed by atoms with Gasteiger partial charge < -0.3 is 19.8 Å². The maximum atomic E-state index is 13.4. The number of hydrogen-bond acceptors (Lipinski definition) is 4. The van der Waals surface area contributed by atoms with Crippen molar-refractivity contribution in [3.05, 3.63) is 65.2 Å². The number of hydrogen-bond donors (Lipinski definition) is 2. The molecule has 3 aromatic rings. The minimum absolute atomic E-state index is 0.0743. The molecule has 0 atom stereocenters. The van der Waals surface area contributed by atoms with Gasteiger partial charge in [0.15, 0.2) is 5.76 Å². The third kappa shape index (κ3) is 3.98. The Morgan fingerprint density at radius 1 is 1.15 bits per heavy atom. The van der Waals surface area contributed by atoms with Gasteiger partial charge >= 0.3 is 0 Å². The van der Waals surface area contributed by atoms with Crippen molar-refractivity contribution in [2.75, 3.05) is 25.6 Å². The maximum Gasteiger partial charge on any atom is 0.291 e. The Hall–Kier alpha value is -3.19. The number of aryl methyl sites for hydroxylation is 1. The largest absolute Gasteiger partial charge is 0.451 e. The summed E-state index contributed by atoms with van der Waals surface area (Å²) in [7, 11) is 1.54. The van der Waals surface area contributed by atoms with Gasteiger partial charge in [-0.3, -0.25) is 9.59 Å². The van der Waals surface area contributed by atoms with Crippen LogP contribution in [0.2, 0.25) is 0 Å². The summed E-state index contributed by atoms with van der Waals surface area (Å²) >= 11 is 0. The number of methoxy groups -OCH3 is 1. The molecule has 6 nitrogen and oxygen atoms in total. The van der Waals surface area contributed by atoms with Gasteiger partial charge in [0.25, 0.3) is 11.8 Å². The second-order valence-corrected chi connectivity index (χ2v) is 5.95. The van der Waals surface area contributed by atoms with Crippen molar-refractivity contribution in [3.63, 3.8) is 0 Å². The highest BCUT2D eigenvalue weighted by atomic mass is 19.1. The quantitative estimate of drug-likeness (QED) is 0.651. The highest BCUT2D eigenvalue weighted by Crippen LogP contribution is 2.27. The zero-order valence-electron chi connectivity index (χ0n) is 15.0. The van der Waals surface area contributed by atoms with Crippen molar-refractivity contribution >= 4 is 28.5 Å². The number of fused-ring (bicyclic) bond motifs is 1. The van der Waals surface area contributed by atoms with Crippen LogP contribution in [0.3, 0.4) is 0 Å². The third-order valence-electron chi connectivity index (χ3n) is 4.12. The molecule has 140 valence electrons. The lowest BCUT2D eigenvalue weighted by molar-refractivity contribution is 0.0938. The van der Waals surface area contributed by atoms with Crippen LogP contribution < -0.4 is 10.6 Å². The SMILES string of the molecule is COCCNC(=O)c1ccccc1NC(=O)c1oc2ccc(F)cc2c1C. The van der Waals surface area contributed by atoms with Gasteiger partial charge in [-0.25, -0.2) is 4.39 Å². The summed E-state index contributed by atoms with van der Waals surface area (Å²) in [6.07, 6.45) is 0. The Bertz CT molecular complexity index is 997. The summed E-state index contributed by atoms with van der Waals surface area (Å²) in [5.41, 5.74) is 1.62. The number of furan rings is 1. The molecular weight excluding hydrogens is 351 g/mol. The van der Waals surface area contributed by atoms with Crippen molar-refractivity contribution in [1.29, 1.82) is 0 Å². The van der Waals surface area contributed by atoms with Crippen molar-refractivity contribution in [2.24, 2.45) is 0 Å². The van der Waals surface area contributed by atoms with Crippen molar-refractivity contribution < 1.29 is 23.1 Å². The van der Waals surface area contributed by atoms with E-state index in [1.54, 1.807) is 38.3 Å². The molecule has 27 heavy (non-hydrogen) atoms. The van der Waals surface area contributed by atoms with E-state index in [4.69, 9.17) is 9.15 Å². The van der Waals surface area contributed by atoms with Gasteiger partial charge in [-0.2, -0.15) is 0 Å². The summed E-state index contributed by atoms with van der Waals surface area (Å²) in [5, 5.41) is 5.94. The molecule has 0 bridgehead atoms. The molecule has 3 rings (SSSR count). The van der Waals surface area contributed by atoms with Gasteiger partial charge in [0.05, 0.1) is 17.9 Å². The zero-order chi connectivity index (χ0) is 19.4. The summed E-state index contributed by atoms with van der Waals surface area (Å²) in [6, 6.07) is 10.7. The van der Waals surface area contributed by atoms with Crippen LogP contribution in [0, 0.1) is 12.7 Å². The maximum absolute atomic E-state index is 13.4. The van der Waals surface area contributed by atoms with Gasteiger partial charge in [-0.1, -0.05) is 12.1 Å². The van der Waals surface area contributed by atoms with Crippen LogP contribution >= 0.6 is 0 Å². The number of carbonyl (C=O) groups excluding carboxylic acids is 2. The van der Waals surface area contributed by atoms with Gasteiger partial charge in [0.1, 0.15) is 11.4 Å². The average molecular weight is 370 g/mol. The summed E-state index contributed by atoms with van der Waals surface area (Å²) in [4.78, 5) is 25.0. The number of carbonyl (C=O) groups is 2. The van der Waals surface area contributed by atoms with Gasteiger partial charge in [0, 0.05) is 24.6 Å². The zero-order valence-corrected chi connectivity index (χ0v) is 15.0. The number of benzene rings is 2. The highest BCUT2D eigenvalue weighted by molar-refractivity contribution is 6.10. The third-order valence-corrected chi connectivity index (χ3v) is 4.12. The number of amides is 2. The first-order valence-corrected chi connectivity index (χ1v) is 8.37. The summed E-state index contributed by atoms with van der Waals surface area (Å²) < 4.78 is 23.9. The summed E-state index contributed by atoms with van der Waals surface area (Å²) in [5.74, 6) is -1.17. The van der Waals surface area contributed by atoms with Crippen LogP contribution in [0.1, 0.15) is 26.5 Å². The molecule has 0 spiro atoms. The number of para-hydroxylation sites is 1. The minimum Gasteiger partial charge on any atom is -0.451 e. The van der Waals surface area contributed by atoms with Crippen LogP contribution in [-0.4, -0.2) is 32.1 Å². The van der Waals surface area contributed by atoms with Gasteiger partial charge in [-0.05, 0) is 37.3 Å². The second kappa shape index (κ2) is 8.01. The Labute approximate surface area is 155 Å². The van der Waals surface area contributed by atoms with E-state index in [1.807, 2.05) is 0 Å². The van der Waals surface area contributed by atoms with Crippen LogP contribution in [-0.2, 0) is 4.74 Å². The van der Waals surface area contributed by atoms with E-state index in [0.29, 0.717) is 40.9 Å². The number of ether oxygens (including phenoxy) is 1. The van der Waals surface area contributed by atoms with E-state index >= 15 is 0 Å². The monoisotopic (exact) mass is 370 g/mol. The number of halogens is 1. The molecule has 2 N–H and O–H groups in total. The molecule has 0 saturated heterocycles. The van der Waals surface area contributed by atoms with Crippen LogP contribution in [0.25, 0.3) is 11.0 Å². The van der Waals surface area contributed by atoms with Crippen LogP contribution in [0.5, 0.6) is 0 Å². The Morgan fingerprint density at radius 2 is 1.93 bits per heavy atom. The van der Waals surface area contributed by atoms with E-state index in [1.165, 1.54) is 18.2 Å². The predicted molar refractivity (Wildman–Crippen MR) is 99.5 cm³/mol. The molecule has 0 radical (unpaired) electrons. The normalized spacial score (nSPS) is 10.8. The second-order valence-electron chi connectivity index (χ2n) is 5.95. The first-order valence-electron chi connectivity index (χ1n) is 8.37. The average Bonchev–Trinajstić information content (AvgIpc) is 2.98. The van der Waals surface area contributed by atoms with E-state index < -0.39 is 11.7 Å². The molecule has 1 heterocycles. The van der Waals surface area contributed by atoms with E-state index in [-0.39, 0.29) is 11.7 Å². The lowest BCUT2D eigenvalue weighted by Crippen LogP contribution is -2.28. The summed E-state index contributed by atoms with van der Waals surface area (Å²) in [6.45, 7) is 2.42. The van der Waals surface area contributed by atoms with Crippen molar-refractivity contribution in [1.82, 2.24) is 5.32 Å². The molecule has 7 heteroatoms. The molecule has 2 amide bonds. The first-order chi connectivity index (χ1) is 13.0. The molecule has 0 aliphatic rings. The minimum atomic E-state index is -0.513. The topological polar surface area (TPSA) is 80.6 Å². The fourth-order valence-electron chi connectivity index (χ4n) is 2.74. The molecule has 0 saturated carbocycles. The first kappa shape index (κ1) is 18.6. The lowest BCUT2D eigenvalue weighted by atomic mass is 10.1. The van der Waals surface area contributed by atoms with Gasteiger partial charge in [0.2, 0.25) is 0 Å². The molecule has 1 aromatic heterocycles. The molecule has 0 aliphatic heterocycles. The van der Waals surface area contributed by atoms with Crippen LogP contribution in [0.15, 0.2) is 46.9 Å². The van der Waals surface area contributed by atoms with E-state index in [9.17, 15) is 14.0 Å². The van der Waals surface area contributed by atoms with Crippen molar-refractivity contribution in [3.8, 4) is 0 Å². The molecule has 0 fully saturated rings.